The summed E-state index contributed by atoms with van der Waals surface area (Å²) in [5, 5.41) is 0. The summed E-state index contributed by atoms with van der Waals surface area (Å²) in [6.07, 6.45) is 13.3. The molecular weight excluding hydrogens is 347 g/mol. The first-order valence-electron chi connectivity index (χ1n) is 8.84. The monoisotopic (exact) mass is 386 g/mol. The third-order valence-corrected chi connectivity index (χ3v) is 21.0. The van der Waals surface area contributed by atoms with Crippen molar-refractivity contribution in [2.24, 2.45) is 0 Å². The van der Waals surface area contributed by atoms with Crippen molar-refractivity contribution >= 4 is 18.4 Å². The summed E-state index contributed by atoms with van der Waals surface area (Å²) in [5.41, 5.74) is 1.44. The van der Waals surface area contributed by atoms with E-state index >= 15 is 0 Å². The number of hydrogen-bond acceptors (Lipinski definition) is 0. The second-order valence-electron chi connectivity index (χ2n) is 6.68. The Kier molecular flexibility index (Phi) is 12.1. The third-order valence-electron chi connectivity index (χ3n) is 4.53. The Bertz CT molecular complexity index is 273. The summed E-state index contributed by atoms with van der Waals surface area (Å²) in [5.74, 6) is 0. The number of allylic oxidation sites excluding steroid dienone is 4. The van der Waals surface area contributed by atoms with Crippen molar-refractivity contribution in [3.8, 4) is 0 Å². The summed E-state index contributed by atoms with van der Waals surface area (Å²) >= 11 is -2.07. The van der Waals surface area contributed by atoms with Gasteiger partial charge in [-0.1, -0.05) is 0 Å². The molecular formula is C19H38Sn. The fraction of sp³-hybridized carbons (Fsp3) is 0.789. The minimum atomic E-state index is -2.07. The van der Waals surface area contributed by atoms with Gasteiger partial charge in [-0.25, -0.2) is 0 Å². The van der Waals surface area contributed by atoms with E-state index in [-0.39, 0.29) is 0 Å². The normalized spacial score (nSPS) is 12.6. The molecule has 0 saturated heterocycles. The first kappa shape index (κ1) is 20.3. The van der Waals surface area contributed by atoms with E-state index in [9.17, 15) is 0 Å². The Hall–Kier alpha value is 0.279. The molecule has 0 aliphatic heterocycles. The van der Waals surface area contributed by atoms with Crippen LogP contribution in [0.5, 0.6) is 0 Å². The molecule has 0 N–H and O–H groups in total. The maximum absolute atomic E-state index is 2.49. The van der Waals surface area contributed by atoms with Gasteiger partial charge in [0.25, 0.3) is 0 Å². The predicted octanol–water partition coefficient (Wildman–Crippen LogP) is 7.29. The SMILES string of the molecule is CCC[CH2][Sn]([CH2]CCC)([CH2]CCC)/[C](C)=C/C=C(C)C. The zero-order valence-electron chi connectivity index (χ0n) is 15.0. The van der Waals surface area contributed by atoms with Crippen molar-refractivity contribution in [2.75, 3.05) is 0 Å². The van der Waals surface area contributed by atoms with E-state index in [0.717, 1.165) is 0 Å². The van der Waals surface area contributed by atoms with Crippen LogP contribution in [-0.2, 0) is 0 Å². The molecule has 0 radical (unpaired) electrons. The van der Waals surface area contributed by atoms with Crippen molar-refractivity contribution in [1.29, 1.82) is 0 Å². The average Bonchev–Trinajstić information content (AvgIpc) is 2.44. The maximum atomic E-state index is 2.49. The second-order valence-corrected chi connectivity index (χ2v) is 20.5. The van der Waals surface area contributed by atoms with E-state index in [1.165, 1.54) is 44.1 Å². The predicted molar refractivity (Wildman–Crippen MR) is 98.1 cm³/mol. The van der Waals surface area contributed by atoms with E-state index in [0.29, 0.717) is 0 Å². The van der Waals surface area contributed by atoms with Crippen molar-refractivity contribution in [1.82, 2.24) is 0 Å². The van der Waals surface area contributed by atoms with Crippen molar-refractivity contribution in [2.45, 2.75) is 93.4 Å². The quantitative estimate of drug-likeness (QED) is 0.259. The minimum absolute atomic E-state index is 1.37. The van der Waals surface area contributed by atoms with Gasteiger partial charge in [-0.3, -0.25) is 0 Å². The van der Waals surface area contributed by atoms with E-state index < -0.39 is 18.4 Å². The van der Waals surface area contributed by atoms with Crippen LogP contribution in [0.15, 0.2) is 21.3 Å². The van der Waals surface area contributed by atoms with Gasteiger partial charge in [-0.2, -0.15) is 0 Å². The molecule has 0 spiro atoms. The molecule has 0 aliphatic carbocycles. The zero-order valence-corrected chi connectivity index (χ0v) is 17.9. The molecule has 0 nitrogen and oxygen atoms in total. The fourth-order valence-electron chi connectivity index (χ4n) is 2.98. The molecule has 0 fully saturated rings. The summed E-state index contributed by atoms with van der Waals surface area (Å²) in [4.78, 5) is 0. The molecule has 0 aliphatic rings. The molecule has 0 bridgehead atoms. The van der Waals surface area contributed by atoms with Gasteiger partial charge in [0.15, 0.2) is 0 Å². The van der Waals surface area contributed by atoms with Gasteiger partial charge in [0.05, 0.1) is 0 Å². The molecule has 0 unspecified atom stereocenters. The van der Waals surface area contributed by atoms with Gasteiger partial charge < -0.3 is 0 Å². The molecule has 0 aromatic heterocycles. The second kappa shape index (κ2) is 11.9. The van der Waals surface area contributed by atoms with Crippen LogP contribution in [0, 0.1) is 0 Å². The molecule has 0 amide bonds. The van der Waals surface area contributed by atoms with Gasteiger partial charge in [0, 0.05) is 0 Å². The number of unbranched alkanes of at least 4 members (excludes halogenated alkanes) is 3. The van der Waals surface area contributed by atoms with E-state index in [4.69, 9.17) is 0 Å². The summed E-state index contributed by atoms with van der Waals surface area (Å²) < 4.78 is 6.59. The van der Waals surface area contributed by atoms with Crippen LogP contribution in [0.4, 0.5) is 0 Å². The zero-order chi connectivity index (χ0) is 15.4. The topological polar surface area (TPSA) is 0 Å². The molecule has 0 rings (SSSR count). The molecule has 0 atom stereocenters. The molecule has 0 aromatic rings. The summed E-state index contributed by atoms with van der Waals surface area (Å²) in [7, 11) is 0. The van der Waals surface area contributed by atoms with Gasteiger partial charge in [0.2, 0.25) is 0 Å². The first-order valence-corrected chi connectivity index (χ1v) is 16.3. The van der Waals surface area contributed by atoms with Crippen LogP contribution >= 0.6 is 0 Å². The fourth-order valence-corrected chi connectivity index (χ4v) is 18.6. The van der Waals surface area contributed by atoms with Gasteiger partial charge >= 0.3 is 133 Å². The van der Waals surface area contributed by atoms with Crippen molar-refractivity contribution in [3.05, 3.63) is 21.3 Å². The number of hydrogen-bond donors (Lipinski definition) is 0. The summed E-state index contributed by atoms with van der Waals surface area (Å²) in [6.45, 7) is 14.0. The van der Waals surface area contributed by atoms with Crippen molar-refractivity contribution in [3.63, 3.8) is 0 Å². The van der Waals surface area contributed by atoms with E-state index in [1.807, 2.05) is 3.59 Å². The third kappa shape index (κ3) is 7.90. The van der Waals surface area contributed by atoms with Crippen LogP contribution < -0.4 is 0 Å². The Balaban J connectivity index is 5.20. The van der Waals surface area contributed by atoms with Crippen LogP contribution in [0.2, 0.25) is 13.3 Å². The molecule has 0 saturated carbocycles. The van der Waals surface area contributed by atoms with Crippen LogP contribution in [0.1, 0.15) is 80.1 Å². The standard InChI is InChI=1S/C7H11.3C4H9.Sn/c1-4-5-6-7(2)3;3*1-3-4-2;/h5-6H,1-3H3;3*1,3-4H2,2H3;. The Morgan fingerprint density at radius 1 is 0.700 bits per heavy atom. The molecule has 0 aromatic carbocycles. The van der Waals surface area contributed by atoms with Crippen molar-refractivity contribution < 1.29 is 0 Å². The van der Waals surface area contributed by atoms with Crippen LogP contribution in [0.3, 0.4) is 0 Å². The van der Waals surface area contributed by atoms with Crippen LogP contribution in [0.25, 0.3) is 0 Å². The van der Waals surface area contributed by atoms with E-state index in [1.54, 1.807) is 13.3 Å². The van der Waals surface area contributed by atoms with E-state index in [2.05, 4.69) is 53.7 Å². The van der Waals surface area contributed by atoms with Gasteiger partial charge in [-0.05, 0) is 0 Å². The Morgan fingerprint density at radius 3 is 1.40 bits per heavy atom. The van der Waals surface area contributed by atoms with Crippen LogP contribution in [-0.4, -0.2) is 18.4 Å². The Morgan fingerprint density at radius 2 is 1.10 bits per heavy atom. The average molecular weight is 385 g/mol. The molecule has 118 valence electrons. The summed E-state index contributed by atoms with van der Waals surface area (Å²) in [6, 6.07) is 0. The molecule has 20 heavy (non-hydrogen) atoms. The van der Waals surface area contributed by atoms with Gasteiger partial charge in [0.1, 0.15) is 0 Å². The first-order chi connectivity index (χ1) is 9.52. The molecule has 0 heterocycles. The number of rotatable bonds is 11. The Labute approximate surface area is 133 Å². The van der Waals surface area contributed by atoms with Gasteiger partial charge in [-0.15, -0.1) is 0 Å². The molecule has 1 heteroatoms.